The molecule has 0 radical (unpaired) electrons. The van der Waals surface area contributed by atoms with Gasteiger partial charge in [0.1, 0.15) is 0 Å². The lowest BCUT2D eigenvalue weighted by molar-refractivity contribution is -0.137. The minimum atomic E-state index is -3.16. The van der Waals surface area contributed by atoms with Crippen LogP contribution in [0.2, 0.25) is 0 Å². The Morgan fingerprint density at radius 2 is 1.66 bits per heavy atom. The molecule has 0 aliphatic carbocycles. The van der Waals surface area contributed by atoms with Gasteiger partial charge in [-0.1, -0.05) is 23.5 Å². The summed E-state index contributed by atoms with van der Waals surface area (Å²) < 4.78 is 26.0. The number of carbonyl (C=O) groups excluding carboxylic acids is 1. The summed E-state index contributed by atoms with van der Waals surface area (Å²) in [6.45, 7) is 8.06. The minimum Gasteiger partial charge on any atom is -0.345 e. The highest BCUT2D eigenvalue weighted by Gasteiger charge is 2.33. The van der Waals surface area contributed by atoms with Crippen molar-refractivity contribution >= 4 is 42.6 Å². The van der Waals surface area contributed by atoms with E-state index in [0.29, 0.717) is 39.0 Å². The molecule has 0 bridgehead atoms. The van der Waals surface area contributed by atoms with E-state index in [1.54, 1.807) is 11.3 Å². The van der Waals surface area contributed by atoms with Crippen LogP contribution in [0.5, 0.6) is 0 Å². The van der Waals surface area contributed by atoms with Crippen molar-refractivity contribution in [3.63, 3.8) is 0 Å². The van der Waals surface area contributed by atoms with Crippen molar-refractivity contribution in [1.29, 1.82) is 0 Å². The van der Waals surface area contributed by atoms with E-state index >= 15 is 0 Å². The number of thiazole rings is 1. The molecule has 2 fully saturated rings. The number of piperidine rings is 1. The summed E-state index contributed by atoms with van der Waals surface area (Å²) in [5, 5.41) is 1.03. The van der Waals surface area contributed by atoms with Gasteiger partial charge in [0.25, 0.3) is 0 Å². The third kappa shape index (κ3) is 4.13. The standard InChI is InChI=1S/C20H28N4O3S2/c1-14-4-5-15(2)18-17(14)21-20(28-18)23-12-10-22(11-13-23)19(25)16-6-8-24(9-7-16)29(3,26)27/h4-5,16H,6-13H2,1-3H3. The van der Waals surface area contributed by atoms with Gasteiger partial charge in [-0.2, -0.15) is 0 Å². The summed E-state index contributed by atoms with van der Waals surface area (Å²) in [7, 11) is -3.16. The average Bonchev–Trinajstić information content (AvgIpc) is 3.17. The Kier molecular flexibility index (Phi) is 5.56. The molecule has 0 unspecified atom stereocenters. The van der Waals surface area contributed by atoms with Gasteiger partial charge in [-0.25, -0.2) is 17.7 Å². The number of piperazine rings is 1. The summed E-state index contributed by atoms with van der Waals surface area (Å²) in [4.78, 5) is 22.0. The van der Waals surface area contributed by atoms with Crippen LogP contribution >= 0.6 is 11.3 Å². The number of benzene rings is 1. The van der Waals surface area contributed by atoms with Crippen LogP contribution in [0.15, 0.2) is 12.1 Å². The fourth-order valence-electron chi connectivity index (χ4n) is 4.19. The van der Waals surface area contributed by atoms with Crippen LogP contribution in [0.4, 0.5) is 5.13 Å². The van der Waals surface area contributed by atoms with E-state index in [-0.39, 0.29) is 11.8 Å². The number of aromatic nitrogens is 1. The number of fused-ring (bicyclic) bond motifs is 1. The maximum atomic E-state index is 12.9. The lowest BCUT2D eigenvalue weighted by Crippen LogP contribution is -2.52. The molecule has 1 aromatic carbocycles. The smallest absolute Gasteiger partial charge is 0.225 e. The molecule has 2 aliphatic heterocycles. The first-order valence-electron chi connectivity index (χ1n) is 10.1. The monoisotopic (exact) mass is 436 g/mol. The van der Waals surface area contributed by atoms with Gasteiger partial charge in [-0.3, -0.25) is 4.79 Å². The van der Waals surface area contributed by atoms with E-state index in [0.717, 1.165) is 23.7 Å². The Bertz CT molecular complexity index is 979. The number of rotatable bonds is 3. The first-order chi connectivity index (χ1) is 13.7. The quantitative estimate of drug-likeness (QED) is 0.738. The molecule has 2 saturated heterocycles. The number of hydrogen-bond donors (Lipinski definition) is 0. The fourth-order valence-corrected chi connectivity index (χ4v) is 6.23. The first kappa shape index (κ1) is 20.6. The van der Waals surface area contributed by atoms with Gasteiger partial charge in [0.15, 0.2) is 5.13 Å². The van der Waals surface area contributed by atoms with Crippen molar-refractivity contribution in [2.75, 3.05) is 50.4 Å². The van der Waals surface area contributed by atoms with Crippen LogP contribution in [0.25, 0.3) is 10.2 Å². The zero-order chi connectivity index (χ0) is 20.8. The van der Waals surface area contributed by atoms with Crippen molar-refractivity contribution < 1.29 is 13.2 Å². The number of anilines is 1. The van der Waals surface area contributed by atoms with Crippen LogP contribution in [-0.4, -0.2) is 74.0 Å². The first-order valence-corrected chi connectivity index (χ1v) is 12.8. The zero-order valence-corrected chi connectivity index (χ0v) is 18.9. The Hall–Kier alpha value is -1.71. The van der Waals surface area contributed by atoms with Gasteiger partial charge in [-0.15, -0.1) is 0 Å². The second kappa shape index (κ2) is 7.85. The SMILES string of the molecule is Cc1ccc(C)c2sc(N3CCN(C(=O)C4CCN(S(C)(=O)=O)CC4)CC3)nc12. The molecule has 158 valence electrons. The summed E-state index contributed by atoms with van der Waals surface area (Å²) in [6.07, 6.45) is 2.46. The molecule has 1 amide bonds. The van der Waals surface area contributed by atoms with Gasteiger partial charge in [0.05, 0.1) is 16.5 Å². The van der Waals surface area contributed by atoms with Crippen LogP contribution in [0.3, 0.4) is 0 Å². The topological polar surface area (TPSA) is 73.8 Å². The van der Waals surface area contributed by atoms with E-state index in [2.05, 4.69) is 30.9 Å². The summed E-state index contributed by atoms with van der Waals surface area (Å²) in [5.74, 6) is 0.112. The van der Waals surface area contributed by atoms with Gasteiger partial charge < -0.3 is 9.80 Å². The Morgan fingerprint density at radius 3 is 2.24 bits per heavy atom. The third-order valence-corrected chi connectivity index (χ3v) is 8.62. The average molecular weight is 437 g/mol. The van der Waals surface area contributed by atoms with Crippen molar-refractivity contribution in [3.8, 4) is 0 Å². The molecule has 7 nitrogen and oxygen atoms in total. The predicted octanol–water partition coefficient (Wildman–Crippen LogP) is 2.23. The van der Waals surface area contributed by atoms with Crippen molar-refractivity contribution in [2.24, 2.45) is 5.92 Å². The van der Waals surface area contributed by atoms with Crippen molar-refractivity contribution in [3.05, 3.63) is 23.3 Å². The number of sulfonamides is 1. The summed E-state index contributed by atoms with van der Waals surface area (Å²) >= 11 is 1.73. The molecule has 9 heteroatoms. The minimum absolute atomic E-state index is 0.0627. The molecule has 0 atom stereocenters. The van der Waals surface area contributed by atoms with E-state index < -0.39 is 10.0 Å². The highest BCUT2D eigenvalue weighted by atomic mass is 32.2. The molecule has 0 spiro atoms. The predicted molar refractivity (Wildman–Crippen MR) is 117 cm³/mol. The van der Waals surface area contributed by atoms with Crippen molar-refractivity contribution in [1.82, 2.24) is 14.2 Å². The molecule has 2 aliphatic rings. The lowest BCUT2D eigenvalue weighted by Gasteiger charge is -2.38. The second-order valence-corrected chi connectivity index (χ2v) is 11.1. The van der Waals surface area contributed by atoms with Crippen LogP contribution in [0.1, 0.15) is 24.0 Å². The Labute approximate surface area is 176 Å². The maximum absolute atomic E-state index is 12.9. The van der Waals surface area contributed by atoms with Gasteiger partial charge in [0.2, 0.25) is 15.9 Å². The summed E-state index contributed by atoms with van der Waals surface area (Å²) in [6, 6.07) is 4.26. The van der Waals surface area contributed by atoms with Crippen LogP contribution in [-0.2, 0) is 14.8 Å². The number of carbonyl (C=O) groups is 1. The van der Waals surface area contributed by atoms with Gasteiger partial charge >= 0.3 is 0 Å². The second-order valence-electron chi connectivity index (χ2n) is 8.12. The maximum Gasteiger partial charge on any atom is 0.225 e. The highest BCUT2D eigenvalue weighted by Crippen LogP contribution is 2.33. The molecular weight excluding hydrogens is 408 g/mol. The van der Waals surface area contributed by atoms with Crippen LogP contribution < -0.4 is 4.90 Å². The largest absolute Gasteiger partial charge is 0.345 e. The number of amides is 1. The van der Waals surface area contributed by atoms with Gasteiger partial charge in [0, 0.05) is 45.2 Å². The molecular formula is C20H28N4O3S2. The summed E-state index contributed by atoms with van der Waals surface area (Å²) in [5.41, 5.74) is 3.53. The normalized spacial score (nSPS) is 19.8. The molecule has 2 aromatic rings. The third-order valence-electron chi connectivity index (χ3n) is 6.06. The fraction of sp³-hybridized carbons (Fsp3) is 0.600. The Morgan fingerprint density at radius 1 is 1.03 bits per heavy atom. The highest BCUT2D eigenvalue weighted by molar-refractivity contribution is 7.88. The molecule has 29 heavy (non-hydrogen) atoms. The zero-order valence-electron chi connectivity index (χ0n) is 17.2. The van der Waals surface area contributed by atoms with E-state index in [1.807, 2.05) is 4.90 Å². The van der Waals surface area contributed by atoms with E-state index in [4.69, 9.17) is 4.98 Å². The van der Waals surface area contributed by atoms with Crippen molar-refractivity contribution in [2.45, 2.75) is 26.7 Å². The van der Waals surface area contributed by atoms with Crippen LogP contribution in [0, 0.1) is 19.8 Å². The molecule has 4 rings (SSSR count). The number of nitrogens with zero attached hydrogens (tertiary/aromatic N) is 4. The Balaban J connectivity index is 1.37. The lowest BCUT2D eigenvalue weighted by atomic mass is 9.96. The number of hydrogen-bond acceptors (Lipinski definition) is 6. The van der Waals surface area contributed by atoms with E-state index in [1.165, 1.54) is 26.4 Å². The molecule has 3 heterocycles. The molecule has 1 aromatic heterocycles. The van der Waals surface area contributed by atoms with E-state index in [9.17, 15) is 13.2 Å². The molecule has 0 saturated carbocycles. The molecule has 0 N–H and O–H groups in total. The number of aryl methyl sites for hydroxylation is 2. The van der Waals surface area contributed by atoms with Gasteiger partial charge in [-0.05, 0) is 37.8 Å².